The van der Waals surface area contributed by atoms with Gasteiger partial charge in [0.2, 0.25) is 0 Å². The summed E-state index contributed by atoms with van der Waals surface area (Å²) in [5, 5.41) is 14.7. The second-order valence-electron chi connectivity index (χ2n) is 10.5. The first-order chi connectivity index (χ1) is 19.2. The highest BCUT2D eigenvalue weighted by molar-refractivity contribution is 6.00. The van der Waals surface area contributed by atoms with Crippen LogP contribution in [0, 0.1) is 10.1 Å². The molecule has 2 aromatic rings. The average molecular weight is 627 g/mol. The Balaban J connectivity index is 0.00000462. The van der Waals surface area contributed by atoms with Crippen LogP contribution in [0.25, 0.3) is 0 Å². The highest BCUT2D eigenvalue weighted by atomic mass is 79.9. The lowest BCUT2D eigenvalue weighted by Crippen LogP contribution is -3.00. The molecule has 0 spiro atoms. The number of hydrogen-bond acceptors (Lipinski definition) is 7. The number of esters is 2. The quantitative estimate of drug-likeness (QED) is 0.149. The van der Waals surface area contributed by atoms with Crippen molar-refractivity contribution in [1.82, 2.24) is 5.32 Å². The van der Waals surface area contributed by atoms with Gasteiger partial charge in [-0.25, -0.2) is 9.59 Å². The number of hydrogen-bond donors (Lipinski definition) is 1. The first-order valence-electron chi connectivity index (χ1n) is 13.4. The highest BCUT2D eigenvalue weighted by Crippen LogP contribution is 2.40. The maximum Gasteiger partial charge on any atom is 0.337 e. The lowest BCUT2D eigenvalue weighted by Gasteiger charge is -2.43. The predicted molar refractivity (Wildman–Crippen MR) is 151 cm³/mol. The molecule has 2 aliphatic rings. The van der Waals surface area contributed by atoms with Crippen LogP contribution in [0.4, 0.5) is 5.69 Å². The van der Waals surface area contributed by atoms with Gasteiger partial charge in [0.05, 0.1) is 42.2 Å². The molecule has 0 bridgehead atoms. The van der Waals surface area contributed by atoms with E-state index >= 15 is 0 Å². The van der Waals surface area contributed by atoms with E-state index in [1.165, 1.54) is 24.8 Å². The summed E-state index contributed by atoms with van der Waals surface area (Å²) in [6, 6.07) is 16.2. The minimum atomic E-state index is -0.888. The molecule has 10 heteroatoms. The first-order valence-corrected chi connectivity index (χ1v) is 13.4. The summed E-state index contributed by atoms with van der Waals surface area (Å²) in [5.41, 5.74) is 3.00. The zero-order valence-corrected chi connectivity index (χ0v) is 25.2. The number of non-ortho nitro benzene ring substituents is 1. The number of carbonyl (C=O) groups is 2. The van der Waals surface area contributed by atoms with E-state index in [-0.39, 0.29) is 39.9 Å². The van der Waals surface area contributed by atoms with Crippen molar-refractivity contribution < 1.29 is 45.5 Å². The molecular formula is C31H36BrN3O6. The molecule has 0 saturated carbocycles. The van der Waals surface area contributed by atoms with Gasteiger partial charge in [-0.05, 0) is 31.9 Å². The summed E-state index contributed by atoms with van der Waals surface area (Å²) >= 11 is 0. The summed E-state index contributed by atoms with van der Waals surface area (Å²) in [6.45, 7) is 10.6. The monoisotopic (exact) mass is 625 g/mol. The molecule has 1 saturated heterocycles. The van der Waals surface area contributed by atoms with Crippen molar-refractivity contribution in [3.05, 3.63) is 111 Å². The van der Waals surface area contributed by atoms with Crippen LogP contribution in [-0.2, 0) is 25.6 Å². The van der Waals surface area contributed by atoms with Crippen molar-refractivity contribution in [3.8, 4) is 0 Å². The molecule has 2 aromatic carbocycles. The third-order valence-corrected chi connectivity index (χ3v) is 7.70. The van der Waals surface area contributed by atoms with E-state index in [4.69, 9.17) is 9.47 Å². The Morgan fingerprint density at radius 3 is 2.41 bits per heavy atom. The molecule has 9 nitrogen and oxygen atoms in total. The Hall–Kier alpha value is -3.76. The summed E-state index contributed by atoms with van der Waals surface area (Å²) < 4.78 is 12.0. The molecule has 41 heavy (non-hydrogen) atoms. The normalized spacial score (nSPS) is 22.2. The smallest absolute Gasteiger partial charge is 0.337 e. The fourth-order valence-electron chi connectivity index (χ4n) is 5.99. The van der Waals surface area contributed by atoms with Crippen molar-refractivity contribution in [2.45, 2.75) is 45.3 Å². The number of quaternary nitrogens is 1. The number of halogens is 1. The third kappa shape index (κ3) is 7.12. The Bertz CT molecular complexity index is 1370. The van der Waals surface area contributed by atoms with Crippen LogP contribution < -0.4 is 22.3 Å². The minimum Gasteiger partial charge on any atom is -1.00 e. The summed E-state index contributed by atoms with van der Waals surface area (Å²) in [7, 11) is 1.27. The molecule has 1 fully saturated rings. The summed E-state index contributed by atoms with van der Waals surface area (Å²) in [6.07, 6.45) is 3.18. The van der Waals surface area contributed by atoms with Gasteiger partial charge < -0.3 is 36.3 Å². The molecule has 0 radical (unpaired) electrons. The molecule has 4 rings (SSSR count). The van der Waals surface area contributed by atoms with Gasteiger partial charge in [0.1, 0.15) is 13.1 Å². The molecule has 1 N–H and O–H groups in total. The van der Waals surface area contributed by atoms with E-state index < -0.39 is 22.8 Å². The van der Waals surface area contributed by atoms with E-state index in [9.17, 15) is 19.7 Å². The molecule has 0 aliphatic carbocycles. The molecule has 0 amide bonds. The number of rotatable bonds is 9. The lowest BCUT2D eigenvalue weighted by atomic mass is 9.80. The van der Waals surface area contributed by atoms with Crippen molar-refractivity contribution in [2.75, 3.05) is 26.7 Å². The predicted octanol–water partition coefficient (Wildman–Crippen LogP) is 1.92. The zero-order chi connectivity index (χ0) is 28.9. The standard InChI is InChI=1S/C31H35N3O6.BrH/c1-5-16-34(19-23-11-7-6-8-12-23)17-10-15-26(20-34)40-31(36)28-22(3)32-21(2)27(30(35)39-4)29(28)24-13-9-14-25(18-24)33(37)38;/h5-9,11-14,18,26,29H,1,10,15-17,19-20H2,2-4H3;1H/t26-,29+,34?;/m1./s1. The number of nitro groups is 1. The maximum absolute atomic E-state index is 13.9. The number of methoxy groups -OCH3 is 1. The van der Waals surface area contributed by atoms with Crippen molar-refractivity contribution >= 4 is 17.6 Å². The van der Waals surface area contributed by atoms with Crippen molar-refractivity contribution in [1.29, 1.82) is 0 Å². The number of dihydropyridines is 1. The Kier molecular flexibility index (Phi) is 10.6. The van der Waals surface area contributed by atoms with E-state index in [1.54, 1.807) is 26.0 Å². The molecule has 2 aliphatic heterocycles. The van der Waals surface area contributed by atoms with Gasteiger partial charge in [-0.3, -0.25) is 10.1 Å². The second-order valence-corrected chi connectivity index (χ2v) is 10.5. The molecule has 1 unspecified atom stereocenters. The van der Waals surface area contributed by atoms with E-state index in [1.807, 2.05) is 24.3 Å². The van der Waals surface area contributed by atoms with Gasteiger partial charge >= 0.3 is 11.9 Å². The van der Waals surface area contributed by atoms with Gasteiger partial charge in [-0.15, -0.1) is 0 Å². The topological polar surface area (TPSA) is 108 Å². The number of likely N-dealkylation sites (tertiary alicyclic amines) is 1. The maximum atomic E-state index is 13.9. The second kappa shape index (κ2) is 13.7. The number of piperidine rings is 1. The third-order valence-electron chi connectivity index (χ3n) is 7.70. The molecule has 2 heterocycles. The average Bonchev–Trinajstić information content (AvgIpc) is 2.93. The van der Waals surface area contributed by atoms with Crippen LogP contribution in [0.1, 0.15) is 43.7 Å². The molecule has 0 aromatic heterocycles. The Morgan fingerprint density at radius 1 is 1.10 bits per heavy atom. The van der Waals surface area contributed by atoms with Crippen LogP contribution in [0.3, 0.4) is 0 Å². The molecule has 218 valence electrons. The highest BCUT2D eigenvalue weighted by Gasteiger charge is 2.41. The number of nitrogens with one attached hydrogen (secondary N) is 1. The number of carbonyl (C=O) groups excluding carboxylic acids is 2. The SMILES string of the molecule is C=CC[N+]1(Cc2ccccc2)CCC[C@@H](OC(=O)C2=C(C)NC(C)=C(C(=O)OC)[C@@H]2c2cccc([N+](=O)[O-])c2)C1.[Br-]. The zero-order valence-electron chi connectivity index (χ0n) is 23.6. The van der Waals surface area contributed by atoms with Gasteiger partial charge in [0, 0.05) is 35.5 Å². The van der Waals surface area contributed by atoms with Crippen LogP contribution >= 0.6 is 0 Å². The van der Waals surface area contributed by atoms with Crippen LogP contribution in [0.15, 0.2) is 89.8 Å². The van der Waals surface area contributed by atoms with Gasteiger partial charge in [-0.1, -0.05) is 49.0 Å². The fourth-order valence-corrected chi connectivity index (χ4v) is 5.99. The van der Waals surface area contributed by atoms with Crippen LogP contribution in [0.5, 0.6) is 0 Å². The van der Waals surface area contributed by atoms with E-state index in [0.29, 0.717) is 23.5 Å². The van der Waals surface area contributed by atoms with Crippen molar-refractivity contribution in [3.63, 3.8) is 0 Å². The van der Waals surface area contributed by atoms with Gasteiger partial charge in [-0.2, -0.15) is 0 Å². The number of nitrogens with zero attached hydrogens (tertiary/aromatic N) is 2. The number of benzene rings is 2. The number of ether oxygens (including phenoxy) is 2. The Morgan fingerprint density at radius 2 is 1.78 bits per heavy atom. The fraction of sp³-hybridized carbons (Fsp3) is 0.355. The van der Waals surface area contributed by atoms with E-state index in [0.717, 1.165) is 37.0 Å². The van der Waals surface area contributed by atoms with E-state index in [2.05, 4.69) is 24.0 Å². The largest absolute Gasteiger partial charge is 1.00 e. The first kappa shape index (κ1) is 31.8. The van der Waals surface area contributed by atoms with Crippen LogP contribution in [0.2, 0.25) is 0 Å². The summed E-state index contributed by atoms with van der Waals surface area (Å²) in [4.78, 5) is 37.9. The summed E-state index contributed by atoms with van der Waals surface area (Å²) in [5.74, 6) is -2.07. The molecular weight excluding hydrogens is 590 g/mol. The minimum absolute atomic E-state index is 0. The number of nitro benzene ring substituents is 1. The molecule has 3 atom stereocenters. The van der Waals surface area contributed by atoms with Gasteiger partial charge in [0.15, 0.2) is 6.10 Å². The van der Waals surface area contributed by atoms with Crippen LogP contribution in [-0.4, -0.2) is 54.2 Å². The Labute approximate surface area is 251 Å². The van der Waals surface area contributed by atoms with Crippen molar-refractivity contribution in [2.24, 2.45) is 0 Å². The van der Waals surface area contributed by atoms with Gasteiger partial charge in [0.25, 0.3) is 5.69 Å². The number of allylic oxidation sites excluding steroid dienone is 2. The lowest BCUT2D eigenvalue weighted by molar-refractivity contribution is -0.942.